The molecular weight excluding hydrogens is 487 g/mol. The third kappa shape index (κ3) is 12.0. The van der Waals surface area contributed by atoms with Crippen LogP contribution in [0.4, 0.5) is 5.69 Å². The van der Waals surface area contributed by atoms with Crippen LogP contribution in [0, 0.1) is 13.0 Å². The maximum atomic E-state index is 12.3. The first-order valence-electron chi connectivity index (χ1n) is 11.4. The van der Waals surface area contributed by atoms with Crippen molar-refractivity contribution in [2.75, 3.05) is 5.32 Å². The van der Waals surface area contributed by atoms with Gasteiger partial charge >= 0.3 is 0 Å². The van der Waals surface area contributed by atoms with E-state index in [0.717, 1.165) is 16.7 Å². The van der Waals surface area contributed by atoms with Crippen LogP contribution in [-0.4, -0.2) is 16.1 Å². The van der Waals surface area contributed by atoms with Crippen molar-refractivity contribution in [2.45, 2.75) is 92.4 Å². The van der Waals surface area contributed by atoms with Gasteiger partial charge in [-0.3, -0.25) is 4.79 Å². The molecule has 0 unspecified atom stereocenters. The largest absolute Gasteiger partial charge is 0.534 e. The molecule has 0 saturated heterocycles. The molecule has 0 aliphatic heterocycles. The van der Waals surface area contributed by atoms with E-state index in [0.29, 0.717) is 24.3 Å². The van der Waals surface area contributed by atoms with Crippen LogP contribution in [0.15, 0.2) is 30.3 Å². The summed E-state index contributed by atoms with van der Waals surface area (Å²) in [6.45, 7) is 21.7. The van der Waals surface area contributed by atoms with Crippen LogP contribution < -0.4 is 5.32 Å². The number of benzene rings is 2. The summed E-state index contributed by atoms with van der Waals surface area (Å²) in [5.41, 5.74) is 3.07. The third-order valence-electron chi connectivity index (χ3n) is 4.51. The molecule has 1 amide bonds. The van der Waals surface area contributed by atoms with Crippen molar-refractivity contribution >= 4 is 11.6 Å². The summed E-state index contributed by atoms with van der Waals surface area (Å²) in [5, 5.41) is 22.8. The van der Waals surface area contributed by atoms with Gasteiger partial charge < -0.3 is 22.5 Å². The van der Waals surface area contributed by atoms with E-state index in [1.807, 2.05) is 12.1 Å². The summed E-state index contributed by atoms with van der Waals surface area (Å²) in [5.74, 6) is 0.293. The van der Waals surface area contributed by atoms with Crippen LogP contribution in [0.25, 0.3) is 0 Å². The fourth-order valence-electron chi connectivity index (χ4n) is 2.96. The average Bonchev–Trinajstić information content (AvgIpc) is 2.69. The van der Waals surface area contributed by atoms with Gasteiger partial charge in [-0.05, 0) is 33.9 Å². The molecule has 0 bridgehead atoms. The zero-order valence-electron chi connectivity index (χ0n) is 22.1. The predicted octanol–water partition coefficient (Wildman–Crippen LogP) is 7.32. The van der Waals surface area contributed by atoms with Gasteiger partial charge in [0.25, 0.3) is 0 Å². The van der Waals surface area contributed by atoms with Gasteiger partial charge in [0, 0.05) is 44.9 Å². The van der Waals surface area contributed by atoms with Crippen molar-refractivity contribution in [1.82, 2.24) is 0 Å². The van der Waals surface area contributed by atoms with E-state index in [1.165, 1.54) is 12.5 Å². The minimum Gasteiger partial charge on any atom is -0.534 e. The summed E-state index contributed by atoms with van der Waals surface area (Å²) in [7, 11) is 0. The summed E-state index contributed by atoms with van der Waals surface area (Å²) >= 11 is 0. The van der Waals surface area contributed by atoms with Gasteiger partial charge in [0.2, 0.25) is 5.91 Å². The molecular formula is C28H43NO3Y-2. The summed E-state index contributed by atoms with van der Waals surface area (Å²) < 4.78 is 0. The molecule has 183 valence electrons. The zero-order valence-corrected chi connectivity index (χ0v) is 24.9. The number of carbonyl (C=O) groups is 1. The molecule has 33 heavy (non-hydrogen) atoms. The van der Waals surface area contributed by atoms with Crippen LogP contribution in [0.5, 0.6) is 11.5 Å². The van der Waals surface area contributed by atoms with Crippen molar-refractivity contribution in [3.8, 4) is 11.5 Å². The maximum Gasteiger partial charge on any atom is 0.213 e. The Hall–Kier alpha value is -1.39. The van der Waals surface area contributed by atoms with Crippen LogP contribution in [0.3, 0.4) is 0 Å². The predicted molar refractivity (Wildman–Crippen MR) is 136 cm³/mol. The van der Waals surface area contributed by atoms with E-state index in [4.69, 9.17) is 0 Å². The van der Waals surface area contributed by atoms with Gasteiger partial charge in [-0.25, -0.2) is 0 Å². The summed E-state index contributed by atoms with van der Waals surface area (Å²) in [6, 6.07) is 11.3. The van der Waals surface area contributed by atoms with Crippen LogP contribution >= 0.6 is 0 Å². The fourth-order valence-corrected chi connectivity index (χ4v) is 2.96. The number of hydrogen-bond donors (Lipinski definition) is 3. The van der Waals surface area contributed by atoms with Crippen molar-refractivity contribution < 1.29 is 47.7 Å². The number of rotatable bonds is 4. The van der Waals surface area contributed by atoms with E-state index in [-0.39, 0.29) is 55.2 Å². The number of phenolic OH excluding ortho intramolecular Hbond substituents is 2. The molecule has 0 aliphatic rings. The minimum absolute atomic E-state index is 0. The van der Waals surface area contributed by atoms with Crippen molar-refractivity contribution in [1.29, 1.82) is 0 Å². The second-order valence-electron chi connectivity index (χ2n) is 9.76. The average molecular weight is 531 g/mol. The molecule has 2 rings (SSSR count). The summed E-state index contributed by atoms with van der Waals surface area (Å²) in [6.07, 6.45) is 2.17. The quantitative estimate of drug-likeness (QED) is 0.287. The van der Waals surface area contributed by atoms with Crippen molar-refractivity contribution in [3.05, 3.63) is 60.0 Å². The topological polar surface area (TPSA) is 69.6 Å². The standard InChI is InChI=1S/C23H30NO3.C3H8.C2H5.Y/c1-22(2,3)18-13-15(14-19(21(18)27)23(4,5)6)7-12-20(26)24-16-8-10-17(25)11-9-16;1-3-2;1-2;/h8-10,13-14,25,27H,7,12H2,1-6H3,(H,24,26);3H2,1-2H3;1H2,2H3;/q-1;;-1;. The first kappa shape index (κ1) is 33.8. The second kappa shape index (κ2) is 15.5. The van der Waals surface area contributed by atoms with E-state index < -0.39 is 0 Å². The van der Waals surface area contributed by atoms with Gasteiger partial charge in [0.1, 0.15) is 5.75 Å². The van der Waals surface area contributed by atoms with E-state index >= 15 is 0 Å². The minimum atomic E-state index is -0.190. The molecule has 4 nitrogen and oxygen atoms in total. The number of nitrogens with one attached hydrogen (secondary N) is 1. The number of phenols is 2. The Kier molecular flexibility index (Phi) is 15.9. The summed E-state index contributed by atoms with van der Waals surface area (Å²) in [4.78, 5) is 12.3. The molecule has 0 aliphatic carbocycles. The Morgan fingerprint density at radius 3 is 1.79 bits per heavy atom. The molecule has 2 aromatic carbocycles. The number of amides is 1. The number of aromatic hydroxyl groups is 2. The first-order valence-corrected chi connectivity index (χ1v) is 11.4. The van der Waals surface area contributed by atoms with Gasteiger partial charge in [0.15, 0.2) is 0 Å². The Labute approximate surface area is 227 Å². The van der Waals surface area contributed by atoms with Gasteiger partial charge in [-0.1, -0.05) is 79.6 Å². The Balaban J connectivity index is 0. The fraction of sp³-hybridized carbons (Fsp3) is 0.500. The zero-order chi connectivity index (χ0) is 25.1. The van der Waals surface area contributed by atoms with Crippen LogP contribution in [-0.2, 0) is 54.8 Å². The van der Waals surface area contributed by atoms with Crippen LogP contribution in [0.1, 0.15) is 91.8 Å². The Bertz CT molecular complexity index is 797. The Morgan fingerprint density at radius 2 is 1.42 bits per heavy atom. The molecule has 1 radical (unpaired) electrons. The normalized spacial score (nSPS) is 10.6. The van der Waals surface area contributed by atoms with E-state index in [2.05, 4.69) is 73.7 Å². The number of aryl methyl sites for hydroxylation is 1. The van der Waals surface area contributed by atoms with Crippen molar-refractivity contribution in [2.24, 2.45) is 0 Å². The monoisotopic (exact) mass is 530 g/mol. The third-order valence-corrected chi connectivity index (χ3v) is 4.51. The van der Waals surface area contributed by atoms with Crippen molar-refractivity contribution in [3.63, 3.8) is 0 Å². The smallest absolute Gasteiger partial charge is 0.213 e. The molecule has 0 spiro atoms. The molecule has 0 atom stereocenters. The molecule has 0 aromatic heterocycles. The van der Waals surface area contributed by atoms with Gasteiger partial charge in [-0.15, -0.1) is 18.2 Å². The van der Waals surface area contributed by atoms with E-state index in [9.17, 15) is 15.0 Å². The molecule has 5 heteroatoms. The second-order valence-corrected chi connectivity index (χ2v) is 9.76. The molecule has 0 heterocycles. The molecule has 3 N–H and O–H groups in total. The first-order chi connectivity index (χ1) is 14.8. The maximum absolute atomic E-state index is 12.3. The number of hydrogen-bond acceptors (Lipinski definition) is 3. The molecule has 0 fully saturated rings. The number of anilines is 1. The van der Waals surface area contributed by atoms with Gasteiger partial charge in [-0.2, -0.15) is 13.0 Å². The van der Waals surface area contributed by atoms with Gasteiger partial charge in [0.05, 0.1) is 0 Å². The van der Waals surface area contributed by atoms with Crippen LogP contribution in [0.2, 0.25) is 0 Å². The number of carbonyl (C=O) groups excluding carboxylic acids is 1. The Morgan fingerprint density at radius 1 is 0.970 bits per heavy atom. The molecule has 0 saturated carbocycles. The van der Waals surface area contributed by atoms with E-state index in [1.54, 1.807) is 19.1 Å². The SMILES string of the molecule is CC(C)(C)c1cc(CCC(=O)Nc2c[c-]c(O)cc2)cc(C(C)(C)C)c1O.CCC.[CH2-]C.[Y]. The molecule has 2 aromatic rings.